The third-order valence-electron chi connectivity index (χ3n) is 1.81. The molecular weight excluding hydrogens is 152 g/mol. The summed E-state index contributed by atoms with van der Waals surface area (Å²) in [5.74, 6) is -1.88. The van der Waals surface area contributed by atoms with Crippen LogP contribution in [0.2, 0.25) is 0 Å². The van der Waals surface area contributed by atoms with Crippen molar-refractivity contribution in [3.8, 4) is 0 Å². The zero-order valence-corrected chi connectivity index (χ0v) is 5.97. The van der Waals surface area contributed by atoms with Crippen LogP contribution in [0.5, 0.6) is 0 Å². The average molecular weight is 164 g/mol. The summed E-state index contributed by atoms with van der Waals surface area (Å²) in [5.41, 5.74) is 0. The van der Waals surface area contributed by atoms with E-state index in [1.54, 1.807) is 0 Å². The van der Waals surface area contributed by atoms with Crippen LogP contribution in [-0.2, 0) is 4.74 Å². The van der Waals surface area contributed by atoms with Crippen LogP contribution < -0.4 is 0 Å². The smallest absolute Gasteiger partial charge is 0.216 e. The Morgan fingerprint density at radius 1 is 1.45 bits per heavy atom. The van der Waals surface area contributed by atoms with E-state index in [4.69, 9.17) is 20.1 Å². The van der Waals surface area contributed by atoms with Gasteiger partial charge in [-0.1, -0.05) is 0 Å². The molecule has 3 atom stereocenters. The highest BCUT2D eigenvalue weighted by atomic mass is 16.7. The predicted octanol–water partition coefficient (Wildman–Crippen LogP) is -2.19. The van der Waals surface area contributed by atoms with Crippen LogP contribution in [0.3, 0.4) is 0 Å². The summed E-state index contributed by atoms with van der Waals surface area (Å²) >= 11 is 0. The summed E-state index contributed by atoms with van der Waals surface area (Å²) in [6.07, 6.45) is -1.56. The van der Waals surface area contributed by atoms with Crippen molar-refractivity contribution in [3.05, 3.63) is 0 Å². The van der Waals surface area contributed by atoms with E-state index in [1.165, 1.54) is 0 Å². The van der Waals surface area contributed by atoms with Gasteiger partial charge in [0.25, 0.3) is 0 Å². The molecule has 1 rings (SSSR count). The molecule has 1 heterocycles. The first-order chi connectivity index (χ1) is 5.12. The average Bonchev–Trinajstić information content (AvgIpc) is 2.29. The van der Waals surface area contributed by atoms with Crippen LogP contribution in [0.4, 0.5) is 0 Å². The monoisotopic (exact) mass is 164 g/mol. The minimum absolute atomic E-state index is 0.146. The van der Waals surface area contributed by atoms with Gasteiger partial charge in [-0.05, 0) is 0 Å². The first-order valence-electron chi connectivity index (χ1n) is 3.42. The lowest BCUT2D eigenvalue weighted by atomic mass is 10.1. The van der Waals surface area contributed by atoms with E-state index in [9.17, 15) is 5.11 Å². The van der Waals surface area contributed by atoms with Gasteiger partial charge in [0.05, 0.1) is 19.3 Å². The first kappa shape index (κ1) is 8.89. The second kappa shape index (κ2) is 3.04. The fourth-order valence-corrected chi connectivity index (χ4v) is 1.10. The van der Waals surface area contributed by atoms with Crippen molar-refractivity contribution in [1.82, 2.24) is 0 Å². The number of ether oxygens (including phenoxy) is 1. The molecule has 0 amide bonds. The van der Waals surface area contributed by atoms with E-state index in [0.29, 0.717) is 0 Å². The Hall–Kier alpha value is -0.200. The van der Waals surface area contributed by atoms with Gasteiger partial charge in [-0.2, -0.15) is 0 Å². The topological polar surface area (TPSA) is 90.2 Å². The Morgan fingerprint density at radius 3 is 2.36 bits per heavy atom. The number of aliphatic hydroxyl groups is 4. The largest absolute Gasteiger partial charge is 0.394 e. The van der Waals surface area contributed by atoms with E-state index in [-0.39, 0.29) is 13.0 Å². The highest BCUT2D eigenvalue weighted by molar-refractivity contribution is 4.87. The number of hydrogen-bond acceptors (Lipinski definition) is 5. The van der Waals surface area contributed by atoms with Crippen molar-refractivity contribution in [2.24, 2.45) is 0 Å². The van der Waals surface area contributed by atoms with Crippen molar-refractivity contribution >= 4 is 0 Å². The van der Waals surface area contributed by atoms with Gasteiger partial charge in [-0.3, -0.25) is 0 Å². The van der Waals surface area contributed by atoms with Crippen LogP contribution in [0.25, 0.3) is 0 Å². The van der Waals surface area contributed by atoms with Crippen LogP contribution in [0, 0.1) is 0 Å². The van der Waals surface area contributed by atoms with E-state index in [2.05, 4.69) is 0 Å². The normalized spacial score (nSPS) is 44.7. The zero-order chi connectivity index (χ0) is 8.48. The minimum Gasteiger partial charge on any atom is -0.394 e. The second-order valence-corrected chi connectivity index (χ2v) is 2.68. The maximum atomic E-state index is 9.24. The van der Waals surface area contributed by atoms with Gasteiger partial charge in [0.1, 0.15) is 6.10 Å². The van der Waals surface area contributed by atoms with Gasteiger partial charge in [-0.15, -0.1) is 0 Å². The van der Waals surface area contributed by atoms with Crippen molar-refractivity contribution < 1.29 is 25.2 Å². The maximum absolute atomic E-state index is 9.24. The van der Waals surface area contributed by atoms with Gasteiger partial charge < -0.3 is 25.2 Å². The number of hydrogen-bond donors (Lipinski definition) is 4. The molecule has 0 saturated carbocycles. The Morgan fingerprint density at radius 2 is 2.09 bits per heavy atom. The molecule has 5 nitrogen and oxygen atoms in total. The van der Waals surface area contributed by atoms with Gasteiger partial charge >= 0.3 is 0 Å². The van der Waals surface area contributed by atoms with Gasteiger partial charge in [0.2, 0.25) is 5.79 Å². The minimum atomic E-state index is -1.88. The lowest BCUT2D eigenvalue weighted by Crippen LogP contribution is -2.43. The summed E-state index contributed by atoms with van der Waals surface area (Å²) in [7, 11) is 0. The van der Waals surface area contributed by atoms with Gasteiger partial charge in [-0.25, -0.2) is 0 Å². The van der Waals surface area contributed by atoms with Gasteiger partial charge in [0, 0.05) is 6.42 Å². The summed E-state index contributed by atoms with van der Waals surface area (Å²) < 4.78 is 4.77. The molecule has 11 heavy (non-hydrogen) atoms. The highest BCUT2D eigenvalue weighted by Crippen LogP contribution is 2.27. The molecule has 0 bridgehead atoms. The molecule has 2 unspecified atom stereocenters. The van der Waals surface area contributed by atoms with Crippen LogP contribution in [0.15, 0.2) is 0 Å². The van der Waals surface area contributed by atoms with Crippen molar-refractivity contribution in [1.29, 1.82) is 0 Å². The Labute approximate surface area is 63.8 Å². The summed E-state index contributed by atoms with van der Waals surface area (Å²) in [4.78, 5) is 0. The second-order valence-electron chi connectivity index (χ2n) is 2.68. The molecule has 0 aromatic rings. The first-order valence-corrected chi connectivity index (χ1v) is 3.42. The van der Waals surface area contributed by atoms with E-state index in [1.807, 2.05) is 0 Å². The van der Waals surface area contributed by atoms with Crippen LogP contribution in [0.1, 0.15) is 6.42 Å². The standard InChI is InChI=1S/C6H12O5/c7-2-4-1-5(9)6(10,3-8)11-4/h4-5,7-10H,1-3H2/t4?,5-,6?/m0/s1. The van der Waals surface area contributed by atoms with E-state index in [0.717, 1.165) is 0 Å². The van der Waals surface area contributed by atoms with Crippen molar-refractivity contribution in [2.45, 2.75) is 24.4 Å². The van der Waals surface area contributed by atoms with Crippen molar-refractivity contribution in [2.75, 3.05) is 13.2 Å². The quantitative estimate of drug-likeness (QED) is 0.372. The fourth-order valence-electron chi connectivity index (χ4n) is 1.10. The molecule has 66 valence electrons. The molecule has 0 aromatic carbocycles. The molecule has 0 radical (unpaired) electrons. The molecule has 0 aromatic heterocycles. The lowest BCUT2D eigenvalue weighted by Gasteiger charge is -2.22. The summed E-state index contributed by atoms with van der Waals surface area (Å²) in [6, 6.07) is 0. The van der Waals surface area contributed by atoms with Crippen LogP contribution in [-0.4, -0.2) is 51.6 Å². The van der Waals surface area contributed by atoms with Crippen molar-refractivity contribution in [3.63, 3.8) is 0 Å². The summed E-state index contributed by atoms with van der Waals surface area (Å²) in [5, 5.41) is 35.5. The predicted molar refractivity (Wildman–Crippen MR) is 34.6 cm³/mol. The van der Waals surface area contributed by atoms with Crippen LogP contribution >= 0.6 is 0 Å². The number of aliphatic hydroxyl groups excluding tert-OH is 3. The Balaban J connectivity index is 2.57. The third kappa shape index (κ3) is 1.52. The molecule has 0 aliphatic carbocycles. The Bertz CT molecular complexity index is 139. The molecule has 1 saturated heterocycles. The molecule has 1 aliphatic heterocycles. The fraction of sp³-hybridized carbons (Fsp3) is 1.00. The molecule has 4 N–H and O–H groups in total. The maximum Gasteiger partial charge on any atom is 0.216 e. The molecular formula is C6H12O5. The van der Waals surface area contributed by atoms with Gasteiger partial charge in [0.15, 0.2) is 0 Å². The molecule has 1 fully saturated rings. The lowest BCUT2D eigenvalue weighted by molar-refractivity contribution is -0.247. The highest BCUT2D eigenvalue weighted by Gasteiger charge is 2.45. The SMILES string of the molecule is OCC1C[C@H](O)C(O)(CO)O1. The zero-order valence-electron chi connectivity index (χ0n) is 5.97. The number of rotatable bonds is 2. The van der Waals surface area contributed by atoms with E-state index < -0.39 is 24.6 Å². The van der Waals surface area contributed by atoms with E-state index >= 15 is 0 Å². The third-order valence-corrected chi connectivity index (χ3v) is 1.81. The molecule has 1 aliphatic rings. The summed E-state index contributed by atoms with van der Waals surface area (Å²) in [6.45, 7) is -0.927. The Kier molecular flexibility index (Phi) is 2.46. The molecule has 0 spiro atoms. The molecule has 5 heteroatoms.